The Balaban J connectivity index is 2.58. The van der Waals surface area contributed by atoms with Crippen LogP contribution in [0, 0.1) is 0 Å². The van der Waals surface area contributed by atoms with Crippen molar-refractivity contribution in [2.24, 2.45) is 0 Å². The van der Waals surface area contributed by atoms with Gasteiger partial charge in [0.2, 0.25) is 0 Å². The summed E-state index contributed by atoms with van der Waals surface area (Å²) >= 11 is 0. The van der Waals surface area contributed by atoms with E-state index in [2.05, 4.69) is 0 Å². The molecule has 0 bridgehead atoms. The highest BCUT2D eigenvalue weighted by Gasteiger charge is 2.31. The molecule has 0 aromatic heterocycles. The van der Waals surface area contributed by atoms with E-state index in [9.17, 15) is 9.90 Å². The van der Waals surface area contributed by atoms with Crippen LogP contribution >= 0.6 is 0 Å². The third-order valence-electron chi connectivity index (χ3n) is 2.65. The molecular weight excluding hydrogens is 234 g/mol. The molecule has 5 heteroatoms. The van der Waals surface area contributed by atoms with Crippen LogP contribution in [0.3, 0.4) is 0 Å². The lowest BCUT2D eigenvalue weighted by molar-refractivity contribution is -0.158. The van der Waals surface area contributed by atoms with E-state index in [4.69, 9.17) is 9.84 Å². The molecule has 0 fully saturated rings. The van der Waals surface area contributed by atoms with E-state index in [1.54, 1.807) is 19.1 Å². The number of nitrogens with zero attached hydrogens (tertiary/aromatic N) is 1. The van der Waals surface area contributed by atoms with Crippen LogP contribution in [0.2, 0.25) is 0 Å². The van der Waals surface area contributed by atoms with Crippen molar-refractivity contribution in [3.05, 3.63) is 29.8 Å². The average molecular weight is 253 g/mol. The molecule has 0 saturated carbocycles. The van der Waals surface area contributed by atoms with Crippen LogP contribution in [0.15, 0.2) is 24.3 Å². The van der Waals surface area contributed by atoms with Gasteiger partial charge >= 0.3 is 5.97 Å². The van der Waals surface area contributed by atoms with E-state index in [0.717, 1.165) is 11.3 Å². The summed E-state index contributed by atoms with van der Waals surface area (Å²) in [4.78, 5) is 12.6. The molecule has 0 aliphatic rings. The first-order chi connectivity index (χ1) is 8.35. The lowest BCUT2D eigenvalue weighted by atomic mass is 10.1. The van der Waals surface area contributed by atoms with Gasteiger partial charge < -0.3 is 14.9 Å². The Morgan fingerprint density at radius 1 is 1.39 bits per heavy atom. The van der Waals surface area contributed by atoms with Gasteiger partial charge in [-0.15, -0.1) is 0 Å². The zero-order valence-electron chi connectivity index (χ0n) is 10.9. The van der Waals surface area contributed by atoms with E-state index >= 15 is 0 Å². The number of carboxylic acids is 1. The number of likely N-dealkylation sites (N-methyl/N-ethyl adjacent to an activating group) is 1. The second kappa shape index (κ2) is 5.84. The molecule has 0 aliphatic carbocycles. The molecule has 5 nitrogen and oxygen atoms in total. The molecule has 18 heavy (non-hydrogen) atoms. The summed E-state index contributed by atoms with van der Waals surface area (Å²) in [5.41, 5.74) is -0.708. The zero-order valence-corrected chi connectivity index (χ0v) is 10.9. The molecule has 1 atom stereocenters. The number of methoxy groups -OCH3 is 1. The van der Waals surface area contributed by atoms with Gasteiger partial charge in [-0.05, 0) is 31.7 Å². The fourth-order valence-electron chi connectivity index (χ4n) is 1.69. The highest BCUT2D eigenvalue weighted by Crippen LogP contribution is 2.14. The third-order valence-corrected chi connectivity index (χ3v) is 2.65. The fraction of sp³-hybridized carbons (Fsp3) is 0.462. The minimum absolute atomic E-state index is 0.0639. The van der Waals surface area contributed by atoms with Crippen molar-refractivity contribution < 1.29 is 19.7 Å². The summed E-state index contributed by atoms with van der Waals surface area (Å²) in [6.07, 6.45) is 0. The van der Waals surface area contributed by atoms with Gasteiger partial charge in [-0.2, -0.15) is 0 Å². The maximum Gasteiger partial charge on any atom is 0.336 e. The molecule has 2 N–H and O–H groups in total. The molecule has 1 rings (SSSR count). The van der Waals surface area contributed by atoms with Crippen molar-refractivity contribution in [3.63, 3.8) is 0 Å². The number of benzene rings is 1. The molecule has 0 amide bonds. The van der Waals surface area contributed by atoms with Crippen LogP contribution in [0.25, 0.3) is 0 Å². The summed E-state index contributed by atoms with van der Waals surface area (Å²) in [5, 5.41) is 18.5. The summed E-state index contributed by atoms with van der Waals surface area (Å²) in [7, 11) is 3.37. The fourth-order valence-corrected chi connectivity index (χ4v) is 1.69. The Morgan fingerprint density at radius 3 is 2.39 bits per heavy atom. The first-order valence-corrected chi connectivity index (χ1v) is 5.62. The van der Waals surface area contributed by atoms with E-state index in [0.29, 0.717) is 6.54 Å². The third kappa shape index (κ3) is 4.01. The largest absolute Gasteiger partial charge is 0.497 e. The van der Waals surface area contributed by atoms with Gasteiger partial charge in [0, 0.05) is 13.1 Å². The Hall–Kier alpha value is -1.59. The number of aliphatic hydroxyl groups is 1. The first kappa shape index (κ1) is 14.5. The summed E-state index contributed by atoms with van der Waals surface area (Å²) in [5.74, 6) is -0.442. The number of ether oxygens (including phenoxy) is 1. The molecule has 100 valence electrons. The van der Waals surface area contributed by atoms with Gasteiger partial charge in [0.15, 0.2) is 5.60 Å². The van der Waals surface area contributed by atoms with Gasteiger partial charge in [0.1, 0.15) is 5.75 Å². The molecule has 0 radical (unpaired) electrons. The van der Waals surface area contributed by atoms with Gasteiger partial charge in [-0.3, -0.25) is 4.90 Å². The Morgan fingerprint density at radius 2 is 1.94 bits per heavy atom. The minimum atomic E-state index is -1.73. The molecule has 1 unspecified atom stereocenters. The SMILES string of the molecule is COc1ccc(CN(C)CC(C)(O)C(=O)O)cc1. The van der Waals surface area contributed by atoms with Gasteiger partial charge in [0.05, 0.1) is 7.11 Å². The molecular formula is C13H19NO4. The Bertz CT molecular complexity index is 400. The van der Waals surface area contributed by atoms with Gasteiger partial charge in [-0.25, -0.2) is 4.79 Å². The Kier molecular flexibility index (Phi) is 4.69. The average Bonchev–Trinajstić information content (AvgIpc) is 2.29. The molecule has 0 aliphatic heterocycles. The van der Waals surface area contributed by atoms with E-state index in [-0.39, 0.29) is 6.54 Å². The van der Waals surface area contributed by atoms with Crippen molar-refractivity contribution in [1.29, 1.82) is 0 Å². The van der Waals surface area contributed by atoms with Crippen molar-refractivity contribution in [3.8, 4) is 5.75 Å². The second-order valence-electron chi connectivity index (χ2n) is 4.60. The maximum atomic E-state index is 10.8. The van der Waals surface area contributed by atoms with Gasteiger partial charge in [-0.1, -0.05) is 12.1 Å². The van der Waals surface area contributed by atoms with Crippen LogP contribution in [-0.4, -0.2) is 47.4 Å². The predicted octanol–water partition coefficient (Wildman–Crippen LogP) is 0.963. The predicted molar refractivity (Wildman–Crippen MR) is 67.6 cm³/mol. The van der Waals surface area contributed by atoms with Crippen molar-refractivity contribution in [1.82, 2.24) is 4.90 Å². The molecule has 0 heterocycles. The number of carbonyl (C=O) groups is 1. The van der Waals surface area contributed by atoms with Crippen LogP contribution < -0.4 is 4.74 Å². The number of hydrogen-bond acceptors (Lipinski definition) is 4. The smallest absolute Gasteiger partial charge is 0.336 e. The quantitative estimate of drug-likeness (QED) is 0.790. The maximum absolute atomic E-state index is 10.8. The van der Waals surface area contributed by atoms with E-state index < -0.39 is 11.6 Å². The minimum Gasteiger partial charge on any atom is -0.497 e. The van der Waals surface area contributed by atoms with Crippen LogP contribution in [0.4, 0.5) is 0 Å². The van der Waals surface area contributed by atoms with Crippen LogP contribution in [0.5, 0.6) is 5.75 Å². The first-order valence-electron chi connectivity index (χ1n) is 5.62. The van der Waals surface area contributed by atoms with E-state index in [1.807, 2.05) is 24.3 Å². The van der Waals surface area contributed by atoms with Crippen LogP contribution in [0.1, 0.15) is 12.5 Å². The number of hydrogen-bond donors (Lipinski definition) is 2. The van der Waals surface area contributed by atoms with Crippen molar-refractivity contribution in [2.75, 3.05) is 20.7 Å². The topological polar surface area (TPSA) is 70.0 Å². The van der Waals surface area contributed by atoms with Crippen molar-refractivity contribution in [2.45, 2.75) is 19.1 Å². The molecule has 1 aromatic carbocycles. The monoisotopic (exact) mass is 253 g/mol. The summed E-state index contributed by atoms with van der Waals surface area (Å²) in [6.45, 7) is 1.92. The van der Waals surface area contributed by atoms with Gasteiger partial charge in [0.25, 0.3) is 0 Å². The Labute approximate surface area is 107 Å². The van der Waals surface area contributed by atoms with Crippen molar-refractivity contribution >= 4 is 5.97 Å². The van der Waals surface area contributed by atoms with E-state index in [1.165, 1.54) is 6.92 Å². The molecule has 0 spiro atoms. The standard InChI is InChI=1S/C13H19NO4/c1-13(17,12(15)16)9-14(2)8-10-4-6-11(18-3)7-5-10/h4-7,17H,8-9H2,1-3H3,(H,15,16). The molecule has 1 aromatic rings. The second-order valence-corrected chi connectivity index (χ2v) is 4.60. The lowest BCUT2D eigenvalue weighted by Crippen LogP contribution is -2.45. The zero-order chi connectivity index (χ0) is 13.8. The summed E-state index contributed by atoms with van der Waals surface area (Å²) in [6, 6.07) is 7.51. The highest BCUT2D eigenvalue weighted by atomic mass is 16.5. The molecule has 0 saturated heterocycles. The highest BCUT2D eigenvalue weighted by molar-refractivity contribution is 5.76. The summed E-state index contributed by atoms with van der Waals surface area (Å²) < 4.78 is 5.05. The number of aliphatic carboxylic acids is 1. The normalized spacial score (nSPS) is 14.3. The lowest BCUT2D eigenvalue weighted by Gasteiger charge is -2.25. The number of carboxylic acid groups (broad SMARTS) is 1. The number of rotatable bonds is 6. The van der Waals surface area contributed by atoms with Crippen LogP contribution in [-0.2, 0) is 11.3 Å².